The van der Waals surface area contributed by atoms with Crippen molar-refractivity contribution in [2.75, 3.05) is 7.05 Å². The first-order chi connectivity index (χ1) is 11.9. The van der Waals surface area contributed by atoms with Crippen molar-refractivity contribution in [3.8, 4) is 0 Å². The summed E-state index contributed by atoms with van der Waals surface area (Å²) in [6.45, 7) is 2.24. The lowest BCUT2D eigenvalue weighted by Crippen LogP contribution is -2.32. The smallest absolute Gasteiger partial charge is 0.407 e. The van der Waals surface area contributed by atoms with E-state index in [0.29, 0.717) is 12.1 Å². The first-order valence-electron chi connectivity index (χ1n) is 7.41. The van der Waals surface area contributed by atoms with Crippen LogP contribution >= 0.6 is 11.3 Å². The Balaban J connectivity index is 1.83. The number of likely N-dealkylation sites (N-methyl/N-ethyl adjacent to an activating group) is 1. The van der Waals surface area contributed by atoms with Crippen LogP contribution in [-0.4, -0.2) is 27.3 Å². The third-order valence-corrected chi connectivity index (χ3v) is 4.94. The maximum atomic E-state index is 12.4. The van der Waals surface area contributed by atoms with Gasteiger partial charge in [0, 0.05) is 18.0 Å². The second kappa shape index (κ2) is 6.52. The molecule has 1 aromatic carbocycles. The van der Waals surface area contributed by atoms with Crippen molar-refractivity contribution >= 4 is 34.0 Å². The summed E-state index contributed by atoms with van der Waals surface area (Å²) in [6.07, 6.45) is 0. The summed E-state index contributed by atoms with van der Waals surface area (Å²) in [5, 5.41) is 12.8. The van der Waals surface area contributed by atoms with Crippen LogP contribution in [0.3, 0.4) is 0 Å². The fraction of sp³-hybridized carbons (Fsp3) is 0.250. The Morgan fingerprint density at radius 1 is 1.40 bits per heavy atom. The lowest BCUT2D eigenvalue weighted by atomic mass is 10.2. The van der Waals surface area contributed by atoms with Gasteiger partial charge in [-0.05, 0) is 30.0 Å². The molecule has 0 unspecified atom stereocenters. The summed E-state index contributed by atoms with van der Waals surface area (Å²) in [6, 6.07) is 5.85. The monoisotopic (exact) mass is 361 g/mol. The molecule has 0 atom stereocenters. The number of rotatable bonds is 5. The van der Waals surface area contributed by atoms with Crippen molar-refractivity contribution in [3.05, 3.63) is 60.8 Å². The van der Waals surface area contributed by atoms with Crippen molar-refractivity contribution in [1.29, 1.82) is 0 Å². The third-order valence-electron chi connectivity index (χ3n) is 3.93. The Morgan fingerprint density at radius 2 is 2.16 bits per heavy atom. The Morgan fingerprint density at radius 3 is 2.80 bits per heavy atom. The lowest BCUT2D eigenvalue weighted by Gasteiger charge is -2.17. The molecule has 0 saturated heterocycles. The number of nitrogens with zero attached hydrogens (tertiary/aromatic N) is 3. The number of oxazole rings is 1. The van der Waals surface area contributed by atoms with Crippen LogP contribution in [0.5, 0.6) is 0 Å². The van der Waals surface area contributed by atoms with Crippen LogP contribution in [0.2, 0.25) is 0 Å². The number of fused-ring (bicyclic) bond motifs is 1. The van der Waals surface area contributed by atoms with Gasteiger partial charge < -0.3 is 9.32 Å². The predicted molar refractivity (Wildman–Crippen MR) is 92.7 cm³/mol. The maximum absolute atomic E-state index is 12.4. The predicted octanol–water partition coefficient (Wildman–Crippen LogP) is 2.53. The molecular formula is C16H15N3O5S. The van der Waals surface area contributed by atoms with Gasteiger partial charge in [-0.25, -0.2) is 4.79 Å². The van der Waals surface area contributed by atoms with Crippen molar-refractivity contribution in [3.63, 3.8) is 0 Å². The summed E-state index contributed by atoms with van der Waals surface area (Å²) in [5.41, 5.74) is 1.38. The van der Waals surface area contributed by atoms with E-state index in [-0.39, 0.29) is 23.7 Å². The van der Waals surface area contributed by atoms with E-state index in [1.165, 1.54) is 27.7 Å². The molecule has 2 aromatic heterocycles. The molecular weight excluding hydrogens is 346 g/mol. The van der Waals surface area contributed by atoms with Crippen LogP contribution in [0.25, 0.3) is 11.1 Å². The van der Waals surface area contributed by atoms with Crippen LogP contribution in [0.15, 0.2) is 38.9 Å². The number of nitro groups is 1. The van der Waals surface area contributed by atoms with Gasteiger partial charge in [0.2, 0.25) is 5.91 Å². The van der Waals surface area contributed by atoms with E-state index in [0.717, 1.165) is 10.4 Å². The standard InChI is InChI=1S/C16H15N3O5S/c1-10-5-6-25-14(10)8-17(2)15(20)9-18-12-4-3-11(19(22)23)7-13(12)24-16(18)21/h3-7H,8-9H2,1-2H3. The molecule has 1 amide bonds. The quantitative estimate of drug-likeness (QED) is 0.514. The van der Waals surface area contributed by atoms with Gasteiger partial charge in [-0.15, -0.1) is 11.3 Å². The maximum Gasteiger partial charge on any atom is 0.420 e. The summed E-state index contributed by atoms with van der Waals surface area (Å²) >= 11 is 1.57. The number of aryl methyl sites for hydroxylation is 1. The average Bonchev–Trinajstić information content (AvgIpc) is 3.10. The van der Waals surface area contributed by atoms with Gasteiger partial charge in [0.1, 0.15) is 6.54 Å². The SMILES string of the molecule is Cc1ccsc1CN(C)C(=O)Cn1c(=O)oc2cc([N+](=O)[O-])ccc21. The zero-order valence-electron chi connectivity index (χ0n) is 13.6. The number of carbonyl (C=O) groups excluding carboxylic acids is 1. The van der Waals surface area contributed by atoms with Gasteiger partial charge in [-0.1, -0.05) is 0 Å². The van der Waals surface area contributed by atoms with Gasteiger partial charge in [0.15, 0.2) is 5.58 Å². The van der Waals surface area contributed by atoms with Crippen LogP contribution < -0.4 is 5.76 Å². The zero-order valence-corrected chi connectivity index (χ0v) is 14.4. The normalized spacial score (nSPS) is 11.0. The molecule has 9 heteroatoms. The van der Waals surface area contributed by atoms with E-state index < -0.39 is 10.7 Å². The van der Waals surface area contributed by atoms with Gasteiger partial charge in [0.25, 0.3) is 5.69 Å². The topological polar surface area (TPSA) is 98.6 Å². The number of nitro benzene ring substituents is 1. The molecule has 2 heterocycles. The molecule has 25 heavy (non-hydrogen) atoms. The number of hydrogen-bond acceptors (Lipinski definition) is 6. The van der Waals surface area contributed by atoms with Crippen molar-refractivity contribution in [2.24, 2.45) is 0 Å². The molecule has 3 rings (SSSR count). The highest BCUT2D eigenvalue weighted by Gasteiger charge is 2.18. The fourth-order valence-electron chi connectivity index (χ4n) is 2.44. The first-order valence-corrected chi connectivity index (χ1v) is 8.29. The Bertz CT molecular complexity index is 1020. The molecule has 3 aromatic rings. The molecule has 0 N–H and O–H groups in total. The van der Waals surface area contributed by atoms with Gasteiger partial charge in [0.05, 0.1) is 23.1 Å². The van der Waals surface area contributed by atoms with Gasteiger partial charge in [-0.3, -0.25) is 19.5 Å². The molecule has 0 radical (unpaired) electrons. The summed E-state index contributed by atoms with van der Waals surface area (Å²) in [4.78, 5) is 37.3. The molecule has 0 saturated carbocycles. The Kier molecular flexibility index (Phi) is 4.41. The first kappa shape index (κ1) is 16.9. The Hall–Kier alpha value is -2.94. The zero-order chi connectivity index (χ0) is 18.1. The molecule has 0 aliphatic carbocycles. The van der Waals surface area contributed by atoms with Crippen LogP contribution in [0.4, 0.5) is 5.69 Å². The molecule has 0 aliphatic heterocycles. The number of aromatic nitrogens is 1. The minimum Gasteiger partial charge on any atom is -0.407 e. The second-order valence-electron chi connectivity index (χ2n) is 5.64. The Labute approximate surface area is 146 Å². The van der Waals surface area contributed by atoms with Crippen molar-refractivity contribution in [2.45, 2.75) is 20.0 Å². The molecule has 0 fully saturated rings. The number of amides is 1. The molecule has 0 bridgehead atoms. The van der Waals surface area contributed by atoms with E-state index in [4.69, 9.17) is 4.42 Å². The lowest BCUT2D eigenvalue weighted by molar-refractivity contribution is -0.384. The minimum atomic E-state index is -0.718. The van der Waals surface area contributed by atoms with Crippen molar-refractivity contribution in [1.82, 2.24) is 9.47 Å². The van der Waals surface area contributed by atoms with Crippen LogP contribution in [-0.2, 0) is 17.9 Å². The number of non-ortho nitro benzene ring substituents is 1. The number of carbonyl (C=O) groups is 1. The van der Waals surface area contributed by atoms with E-state index in [2.05, 4.69) is 0 Å². The highest BCUT2D eigenvalue weighted by molar-refractivity contribution is 7.10. The molecule has 8 nitrogen and oxygen atoms in total. The van der Waals surface area contributed by atoms with E-state index in [9.17, 15) is 19.7 Å². The van der Waals surface area contributed by atoms with E-state index in [1.807, 2.05) is 18.4 Å². The molecule has 0 spiro atoms. The average molecular weight is 361 g/mol. The van der Waals surface area contributed by atoms with Crippen LogP contribution in [0.1, 0.15) is 10.4 Å². The number of benzene rings is 1. The second-order valence-corrected chi connectivity index (χ2v) is 6.64. The minimum absolute atomic E-state index is 0.0868. The number of hydrogen-bond donors (Lipinski definition) is 0. The largest absolute Gasteiger partial charge is 0.420 e. The molecule has 0 aliphatic rings. The van der Waals surface area contributed by atoms with Crippen molar-refractivity contribution < 1.29 is 14.1 Å². The summed E-state index contributed by atoms with van der Waals surface area (Å²) in [5.74, 6) is -0.972. The fourth-order valence-corrected chi connectivity index (χ4v) is 3.40. The summed E-state index contributed by atoms with van der Waals surface area (Å²) in [7, 11) is 1.67. The van der Waals surface area contributed by atoms with Gasteiger partial charge in [-0.2, -0.15) is 0 Å². The van der Waals surface area contributed by atoms with E-state index >= 15 is 0 Å². The highest BCUT2D eigenvalue weighted by atomic mass is 32.1. The van der Waals surface area contributed by atoms with E-state index in [1.54, 1.807) is 18.4 Å². The third kappa shape index (κ3) is 3.31. The molecule has 130 valence electrons. The summed E-state index contributed by atoms with van der Waals surface area (Å²) < 4.78 is 6.21. The van der Waals surface area contributed by atoms with Crippen LogP contribution in [0, 0.1) is 17.0 Å². The van der Waals surface area contributed by atoms with Gasteiger partial charge >= 0.3 is 5.76 Å². The highest BCUT2D eigenvalue weighted by Crippen LogP contribution is 2.21. The number of thiophene rings is 1.